The van der Waals surface area contributed by atoms with E-state index in [0.717, 1.165) is 16.8 Å². The summed E-state index contributed by atoms with van der Waals surface area (Å²) in [5, 5.41) is 0. The Morgan fingerprint density at radius 2 is 2.25 bits per heavy atom. The minimum atomic E-state index is 0.412. The highest BCUT2D eigenvalue weighted by Crippen LogP contribution is 2.34. The molecule has 3 heteroatoms. The van der Waals surface area contributed by atoms with Crippen LogP contribution in [0, 0.1) is 5.92 Å². The Kier molecular flexibility index (Phi) is 4.38. The fourth-order valence-electron chi connectivity index (χ4n) is 2.04. The van der Waals surface area contributed by atoms with Gasteiger partial charge >= 0.3 is 0 Å². The van der Waals surface area contributed by atoms with Crippen LogP contribution < -0.4 is 11.3 Å². The first-order valence-electron chi connectivity index (χ1n) is 5.98. The summed E-state index contributed by atoms with van der Waals surface area (Å²) in [4.78, 5) is 0. The van der Waals surface area contributed by atoms with Crippen molar-refractivity contribution in [1.82, 2.24) is 5.43 Å². The Morgan fingerprint density at radius 1 is 1.44 bits per heavy atom. The van der Waals surface area contributed by atoms with Crippen molar-refractivity contribution in [2.75, 3.05) is 0 Å². The van der Waals surface area contributed by atoms with Crippen LogP contribution >= 0.6 is 15.9 Å². The number of hydrazine groups is 1. The van der Waals surface area contributed by atoms with Crippen molar-refractivity contribution >= 4 is 15.9 Å². The lowest BCUT2D eigenvalue weighted by Gasteiger charge is -2.15. The minimum absolute atomic E-state index is 0.412. The fraction of sp³-hybridized carbons (Fsp3) is 0.538. The van der Waals surface area contributed by atoms with E-state index in [-0.39, 0.29) is 0 Å². The number of nitrogens with one attached hydrogen (secondary N) is 1. The smallest absolute Gasteiger partial charge is 0.0251 e. The second-order valence-corrected chi connectivity index (χ2v) is 5.63. The zero-order valence-electron chi connectivity index (χ0n) is 9.45. The summed E-state index contributed by atoms with van der Waals surface area (Å²) in [6.45, 7) is 0. The summed E-state index contributed by atoms with van der Waals surface area (Å²) in [5.41, 5.74) is 4.28. The quantitative estimate of drug-likeness (QED) is 0.622. The van der Waals surface area contributed by atoms with Crippen LogP contribution in [-0.2, 0) is 6.42 Å². The lowest BCUT2D eigenvalue weighted by Crippen LogP contribution is -2.36. The zero-order valence-corrected chi connectivity index (χ0v) is 11.0. The minimum Gasteiger partial charge on any atom is -0.271 e. The van der Waals surface area contributed by atoms with Crippen molar-refractivity contribution in [2.24, 2.45) is 11.8 Å². The predicted molar refractivity (Wildman–Crippen MR) is 70.9 cm³/mol. The Morgan fingerprint density at radius 3 is 2.88 bits per heavy atom. The maximum atomic E-state index is 5.60. The van der Waals surface area contributed by atoms with E-state index < -0.39 is 0 Å². The van der Waals surface area contributed by atoms with Crippen molar-refractivity contribution in [3.63, 3.8) is 0 Å². The van der Waals surface area contributed by atoms with Crippen LogP contribution in [0.25, 0.3) is 0 Å². The largest absolute Gasteiger partial charge is 0.271 e. The Hall–Kier alpha value is -0.380. The zero-order chi connectivity index (χ0) is 11.4. The van der Waals surface area contributed by atoms with E-state index in [1.165, 1.54) is 31.2 Å². The average Bonchev–Trinajstić information content (AvgIpc) is 3.08. The van der Waals surface area contributed by atoms with Gasteiger partial charge in [-0.3, -0.25) is 11.3 Å². The average molecular weight is 283 g/mol. The van der Waals surface area contributed by atoms with E-state index >= 15 is 0 Å². The molecule has 1 aliphatic rings. The third kappa shape index (κ3) is 3.89. The molecule has 0 radical (unpaired) electrons. The normalized spacial score (nSPS) is 17.4. The first kappa shape index (κ1) is 12.1. The standard InChI is InChI=1S/C13H19BrN2/c14-12-3-1-2-11(8-12)9-13(16-15)7-6-10-4-5-10/h1-3,8,10,13,16H,4-7,9,15H2. The van der Waals surface area contributed by atoms with E-state index in [2.05, 4.69) is 45.6 Å². The number of rotatable bonds is 6. The van der Waals surface area contributed by atoms with Crippen LogP contribution in [0.2, 0.25) is 0 Å². The number of nitrogens with two attached hydrogens (primary N) is 1. The van der Waals surface area contributed by atoms with E-state index in [1.54, 1.807) is 0 Å². The van der Waals surface area contributed by atoms with Gasteiger partial charge in [-0.1, -0.05) is 40.9 Å². The molecule has 16 heavy (non-hydrogen) atoms. The van der Waals surface area contributed by atoms with Gasteiger partial charge < -0.3 is 0 Å². The van der Waals surface area contributed by atoms with Gasteiger partial charge in [-0.25, -0.2) is 0 Å². The third-order valence-corrected chi connectivity index (χ3v) is 3.72. The molecule has 1 aromatic rings. The van der Waals surface area contributed by atoms with E-state index in [0.29, 0.717) is 6.04 Å². The molecule has 88 valence electrons. The van der Waals surface area contributed by atoms with Gasteiger partial charge in [0.2, 0.25) is 0 Å². The van der Waals surface area contributed by atoms with Crippen molar-refractivity contribution in [2.45, 2.75) is 38.1 Å². The Bertz CT molecular complexity index is 336. The fourth-order valence-corrected chi connectivity index (χ4v) is 2.48. The molecular formula is C13H19BrN2. The molecule has 0 spiro atoms. The summed E-state index contributed by atoms with van der Waals surface area (Å²) in [5.74, 6) is 6.59. The second-order valence-electron chi connectivity index (χ2n) is 4.72. The molecule has 0 aliphatic heterocycles. The number of hydrogen-bond acceptors (Lipinski definition) is 2. The molecule has 0 aromatic heterocycles. The summed E-state index contributed by atoms with van der Waals surface area (Å²) in [6.07, 6.45) is 6.38. The van der Waals surface area contributed by atoms with Gasteiger partial charge in [0.1, 0.15) is 0 Å². The Balaban J connectivity index is 1.84. The van der Waals surface area contributed by atoms with Gasteiger partial charge in [0.05, 0.1) is 0 Å². The lowest BCUT2D eigenvalue weighted by molar-refractivity contribution is 0.462. The van der Waals surface area contributed by atoms with Gasteiger partial charge in [-0.05, 0) is 42.9 Å². The molecule has 0 heterocycles. The van der Waals surface area contributed by atoms with Crippen molar-refractivity contribution < 1.29 is 0 Å². The monoisotopic (exact) mass is 282 g/mol. The molecule has 1 unspecified atom stereocenters. The third-order valence-electron chi connectivity index (χ3n) is 3.23. The SMILES string of the molecule is NNC(CCC1CC1)Cc1cccc(Br)c1. The second kappa shape index (κ2) is 5.80. The lowest BCUT2D eigenvalue weighted by atomic mass is 10.0. The maximum Gasteiger partial charge on any atom is 0.0251 e. The van der Waals surface area contributed by atoms with E-state index in [1.807, 2.05) is 0 Å². The van der Waals surface area contributed by atoms with E-state index in [9.17, 15) is 0 Å². The van der Waals surface area contributed by atoms with Gasteiger partial charge in [0.25, 0.3) is 0 Å². The molecule has 0 saturated heterocycles. The predicted octanol–water partition coefficient (Wildman–Crippen LogP) is 3.01. The van der Waals surface area contributed by atoms with Crippen LogP contribution in [0.3, 0.4) is 0 Å². The molecule has 1 atom stereocenters. The highest BCUT2D eigenvalue weighted by molar-refractivity contribution is 9.10. The summed E-state index contributed by atoms with van der Waals surface area (Å²) < 4.78 is 1.14. The highest BCUT2D eigenvalue weighted by Gasteiger charge is 2.22. The molecule has 0 bridgehead atoms. The first-order chi connectivity index (χ1) is 7.78. The van der Waals surface area contributed by atoms with Crippen LogP contribution in [0.4, 0.5) is 0 Å². The molecule has 2 rings (SSSR count). The van der Waals surface area contributed by atoms with Gasteiger partial charge in [0, 0.05) is 10.5 Å². The Labute approximate surface area is 106 Å². The maximum absolute atomic E-state index is 5.60. The van der Waals surface area contributed by atoms with E-state index in [4.69, 9.17) is 5.84 Å². The van der Waals surface area contributed by atoms with Crippen LogP contribution in [0.1, 0.15) is 31.2 Å². The van der Waals surface area contributed by atoms with Crippen molar-refractivity contribution in [3.05, 3.63) is 34.3 Å². The van der Waals surface area contributed by atoms with Crippen molar-refractivity contribution in [3.8, 4) is 0 Å². The van der Waals surface area contributed by atoms with Gasteiger partial charge in [-0.15, -0.1) is 0 Å². The van der Waals surface area contributed by atoms with Crippen LogP contribution in [0.15, 0.2) is 28.7 Å². The molecule has 1 saturated carbocycles. The first-order valence-corrected chi connectivity index (χ1v) is 6.78. The summed E-state index contributed by atoms with van der Waals surface area (Å²) in [6, 6.07) is 8.87. The number of halogens is 1. The topological polar surface area (TPSA) is 38.0 Å². The molecule has 3 N–H and O–H groups in total. The number of hydrogen-bond donors (Lipinski definition) is 2. The molecule has 2 nitrogen and oxygen atoms in total. The molecule has 1 fully saturated rings. The van der Waals surface area contributed by atoms with Crippen molar-refractivity contribution in [1.29, 1.82) is 0 Å². The van der Waals surface area contributed by atoms with Gasteiger partial charge in [0.15, 0.2) is 0 Å². The van der Waals surface area contributed by atoms with Crippen LogP contribution in [0.5, 0.6) is 0 Å². The molecular weight excluding hydrogens is 264 g/mol. The summed E-state index contributed by atoms with van der Waals surface area (Å²) >= 11 is 3.49. The highest BCUT2D eigenvalue weighted by atomic mass is 79.9. The molecule has 1 aliphatic carbocycles. The molecule has 0 amide bonds. The summed E-state index contributed by atoms with van der Waals surface area (Å²) in [7, 11) is 0. The number of benzene rings is 1. The van der Waals surface area contributed by atoms with Gasteiger partial charge in [-0.2, -0.15) is 0 Å². The molecule has 1 aromatic carbocycles. The van der Waals surface area contributed by atoms with Crippen LogP contribution in [-0.4, -0.2) is 6.04 Å².